The fourth-order valence-electron chi connectivity index (χ4n) is 1.78. The second-order valence-corrected chi connectivity index (χ2v) is 6.46. The topological polar surface area (TPSA) is 116 Å². The first-order valence-corrected chi connectivity index (χ1v) is 7.77. The van der Waals surface area contributed by atoms with Crippen molar-refractivity contribution in [3.05, 3.63) is 0 Å². The number of carbonyl (C=O) groups excluding carboxylic acids is 1. The van der Waals surface area contributed by atoms with Crippen molar-refractivity contribution in [2.24, 2.45) is 0 Å². The number of hydrogen-bond donors (Lipinski definition) is 3. The van der Waals surface area contributed by atoms with Crippen molar-refractivity contribution >= 4 is 15.9 Å². The second-order valence-electron chi connectivity index (χ2n) is 4.62. The van der Waals surface area contributed by atoms with E-state index in [1.54, 1.807) is 6.92 Å². The van der Waals surface area contributed by atoms with E-state index >= 15 is 0 Å². The first-order valence-electron chi connectivity index (χ1n) is 5.88. The van der Waals surface area contributed by atoms with E-state index in [1.165, 1.54) is 4.90 Å². The van der Waals surface area contributed by atoms with Crippen LogP contribution in [0.25, 0.3) is 0 Å². The fourth-order valence-corrected chi connectivity index (χ4v) is 2.29. The Morgan fingerprint density at radius 2 is 2.21 bits per heavy atom. The average Bonchev–Trinajstić information content (AvgIpc) is 2.60. The maximum Gasteiger partial charge on any atom is 0.248 e. The number of β-amino-alcohol motifs (C(OH)–C–C–N with tert-alkyl or cyclic N) is 2. The van der Waals surface area contributed by atoms with E-state index in [0.29, 0.717) is 6.61 Å². The minimum absolute atomic E-state index is 0.0478. The van der Waals surface area contributed by atoms with Crippen molar-refractivity contribution in [2.45, 2.75) is 18.6 Å². The molecule has 0 bridgehead atoms. The van der Waals surface area contributed by atoms with Crippen LogP contribution in [0, 0.1) is 0 Å². The molecule has 0 aliphatic carbocycles. The van der Waals surface area contributed by atoms with Gasteiger partial charge in [0.25, 0.3) is 0 Å². The van der Waals surface area contributed by atoms with Gasteiger partial charge in [0.05, 0.1) is 12.8 Å². The Labute approximate surface area is 112 Å². The van der Waals surface area contributed by atoms with Crippen LogP contribution < -0.4 is 4.72 Å². The van der Waals surface area contributed by atoms with E-state index < -0.39 is 21.7 Å². The van der Waals surface area contributed by atoms with Crippen LogP contribution in [0.15, 0.2) is 0 Å². The number of aliphatic hydroxyl groups excluding tert-OH is 1. The fraction of sp³-hybridized carbons (Fsp3) is 0.900. The number of ether oxygens (including phenoxy) is 1. The van der Waals surface area contributed by atoms with Gasteiger partial charge < -0.3 is 19.8 Å². The van der Waals surface area contributed by atoms with Crippen molar-refractivity contribution in [2.75, 3.05) is 39.1 Å². The van der Waals surface area contributed by atoms with Gasteiger partial charge in [-0.05, 0) is 6.92 Å². The number of sulfonamides is 1. The van der Waals surface area contributed by atoms with Crippen molar-refractivity contribution in [3.8, 4) is 0 Å². The maximum absolute atomic E-state index is 11.7. The van der Waals surface area contributed by atoms with Crippen LogP contribution in [-0.2, 0) is 19.6 Å². The van der Waals surface area contributed by atoms with Crippen LogP contribution in [0.4, 0.5) is 0 Å². The van der Waals surface area contributed by atoms with Crippen LogP contribution in [0.5, 0.6) is 0 Å². The summed E-state index contributed by atoms with van der Waals surface area (Å²) in [6, 6.07) is 0. The largest absolute Gasteiger partial charge is 0.388 e. The van der Waals surface area contributed by atoms with Gasteiger partial charge in [-0.1, -0.05) is 0 Å². The molecular weight excluding hydrogens is 276 g/mol. The second kappa shape index (κ2) is 6.14. The Morgan fingerprint density at radius 1 is 1.58 bits per heavy atom. The van der Waals surface area contributed by atoms with Gasteiger partial charge in [0.15, 0.2) is 0 Å². The minimum Gasteiger partial charge on any atom is -0.388 e. The molecule has 112 valence electrons. The van der Waals surface area contributed by atoms with Crippen molar-refractivity contribution in [1.82, 2.24) is 9.62 Å². The molecular formula is C10H20N2O6S. The number of likely N-dealkylation sites (tertiary alicyclic amines) is 1. The molecule has 1 fully saturated rings. The predicted molar refractivity (Wildman–Crippen MR) is 66.9 cm³/mol. The van der Waals surface area contributed by atoms with E-state index in [9.17, 15) is 23.4 Å². The molecule has 0 aromatic carbocycles. The number of nitrogens with one attached hydrogen (secondary N) is 1. The highest BCUT2D eigenvalue weighted by atomic mass is 32.2. The number of aliphatic hydroxyl groups is 2. The number of rotatable bonds is 6. The smallest absolute Gasteiger partial charge is 0.248 e. The van der Waals surface area contributed by atoms with Crippen LogP contribution in [0.2, 0.25) is 0 Å². The highest BCUT2D eigenvalue weighted by Gasteiger charge is 2.46. The molecule has 0 saturated carbocycles. The molecule has 1 saturated heterocycles. The summed E-state index contributed by atoms with van der Waals surface area (Å²) >= 11 is 0. The van der Waals surface area contributed by atoms with Crippen LogP contribution in [0.1, 0.15) is 6.92 Å². The zero-order valence-electron chi connectivity index (χ0n) is 11.0. The Hall–Kier alpha value is -0.740. The molecule has 1 rings (SSSR count). The Kier molecular flexibility index (Phi) is 5.27. The first-order chi connectivity index (χ1) is 8.68. The SMILES string of the molecule is CCOCC(=O)N1C[C@@H](O)[C@](O)(CNS(C)(=O)=O)C1. The zero-order valence-corrected chi connectivity index (χ0v) is 11.8. The Morgan fingerprint density at radius 3 is 2.74 bits per heavy atom. The van der Waals surface area contributed by atoms with E-state index in [4.69, 9.17) is 4.74 Å². The van der Waals surface area contributed by atoms with E-state index in [2.05, 4.69) is 4.72 Å². The summed E-state index contributed by atoms with van der Waals surface area (Å²) in [7, 11) is -3.47. The summed E-state index contributed by atoms with van der Waals surface area (Å²) in [6.45, 7) is 1.49. The highest BCUT2D eigenvalue weighted by Crippen LogP contribution is 2.21. The van der Waals surface area contributed by atoms with Crippen molar-refractivity contribution in [1.29, 1.82) is 0 Å². The third-order valence-corrected chi connectivity index (χ3v) is 3.57. The van der Waals surface area contributed by atoms with Crippen molar-refractivity contribution < 1.29 is 28.2 Å². The van der Waals surface area contributed by atoms with Crippen molar-refractivity contribution in [3.63, 3.8) is 0 Å². The van der Waals surface area contributed by atoms with Gasteiger partial charge in [-0.25, -0.2) is 13.1 Å². The molecule has 2 atom stereocenters. The zero-order chi connectivity index (χ0) is 14.7. The maximum atomic E-state index is 11.7. The number of nitrogens with zero attached hydrogens (tertiary/aromatic N) is 1. The average molecular weight is 296 g/mol. The molecule has 3 N–H and O–H groups in total. The lowest BCUT2D eigenvalue weighted by Crippen LogP contribution is -2.51. The lowest BCUT2D eigenvalue weighted by atomic mass is 10.0. The normalized spacial score (nSPS) is 27.8. The number of carbonyl (C=O) groups is 1. The molecule has 0 aromatic heterocycles. The molecule has 9 heteroatoms. The van der Waals surface area contributed by atoms with Gasteiger partial charge in [-0.15, -0.1) is 0 Å². The van der Waals surface area contributed by atoms with Gasteiger partial charge in [-0.2, -0.15) is 0 Å². The summed E-state index contributed by atoms with van der Waals surface area (Å²) in [5, 5.41) is 19.9. The molecule has 8 nitrogen and oxygen atoms in total. The number of amides is 1. The number of hydrogen-bond acceptors (Lipinski definition) is 6. The molecule has 19 heavy (non-hydrogen) atoms. The standard InChI is InChI=1S/C10H20N2O6S/c1-3-18-5-9(14)12-4-8(13)10(15,7-12)6-11-19(2,16)17/h8,11,13,15H,3-7H2,1-2H3/t8-,10+/m1/s1. The molecule has 0 radical (unpaired) electrons. The summed E-state index contributed by atoms with van der Waals surface area (Å²) in [5.74, 6) is -0.351. The van der Waals surface area contributed by atoms with Crippen LogP contribution >= 0.6 is 0 Å². The lowest BCUT2D eigenvalue weighted by Gasteiger charge is -2.25. The highest BCUT2D eigenvalue weighted by molar-refractivity contribution is 7.88. The summed E-state index contributed by atoms with van der Waals surface area (Å²) in [5.41, 5.74) is -1.68. The summed E-state index contributed by atoms with van der Waals surface area (Å²) in [4.78, 5) is 12.9. The Balaban J connectivity index is 2.60. The quantitative estimate of drug-likeness (QED) is 0.499. The molecule has 0 spiro atoms. The van der Waals surface area contributed by atoms with E-state index in [-0.39, 0.29) is 32.1 Å². The van der Waals surface area contributed by atoms with Gasteiger partial charge >= 0.3 is 0 Å². The van der Waals surface area contributed by atoms with E-state index in [0.717, 1.165) is 6.26 Å². The Bertz CT molecular complexity index is 426. The monoisotopic (exact) mass is 296 g/mol. The molecule has 0 aromatic rings. The van der Waals surface area contributed by atoms with Gasteiger partial charge in [-0.3, -0.25) is 4.79 Å². The first kappa shape index (κ1) is 16.3. The van der Waals surface area contributed by atoms with Gasteiger partial charge in [0.2, 0.25) is 15.9 Å². The molecule has 1 aliphatic rings. The molecule has 0 unspecified atom stereocenters. The molecule has 1 amide bonds. The van der Waals surface area contributed by atoms with E-state index in [1.807, 2.05) is 0 Å². The van der Waals surface area contributed by atoms with Crippen LogP contribution in [-0.4, -0.2) is 80.2 Å². The molecule has 1 aliphatic heterocycles. The third-order valence-electron chi connectivity index (χ3n) is 2.90. The third kappa shape index (κ3) is 4.69. The van der Waals surface area contributed by atoms with Crippen LogP contribution in [0.3, 0.4) is 0 Å². The summed E-state index contributed by atoms with van der Waals surface area (Å²) < 4.78 is 29.1. The van der Waals surface area contributed by atoms with Gasteiger partial charge in [0, 0.05) is 19.7 Å². The minimum atomic E-state index is -3.47. The summed E-state index contributed by atoms with van der Waals surface area (Å²) in [6.07, 6.45) is -0.247. The lowest BCUT2D eigenvalue weighted by molar-refractivity contribution is -0.135. The molecule has 1 heterocycles. The van der Waals surface area contributed by atoms with Gasteiger partial charge in [0.1, 0.15) is 18.3 Å². The predicted octanol–water partition coefficient (Wildman–Crippen LogP) is -2.49.